The van der Waals surface area contributed by atoms with Gasteiger partial charge in [-0.2, -0.15) is 0 Å². The largest absolute Gasteiger partial charge is 0.306 e. The Kier molecular flexibility index (Phi) is 3.01. The lowest BCUT2D eigenvalue weighted by Crippen LogP contribution is -1.92. The molecule has 1 heterocycles. The van der Waals surface area contributed by atoms with Gasteiger partial charge >= 0.3 is 5.69 Å². The van der Waals surface area contributed by atoms with E-state index >= 15 is 0 Å². The van der Waals surface area contributed by atoms with E-state index < -0.39 is 4.92 Å². The molecule has 0 amide bonds. The van der Waals surface area contributed by atoms with Crippen LogP contribution in [0.3, 0.4) is 0 Å². The lowest BCUT2D eigenvalue weighted by molar-refractivity contribution is -0.384. The van der Waals surface area contributed by atoms with E-state index in [0.29, 0.717) is 20.4 Å². The van der Waals surface area contributed by atoms with E-state index in [-0.39, 0.29) is 10.7 Å². The fourth-order valence-corrected chi connectivity index (χ4v) is 2.04. The molecule has 0 unspecified atom stereocenters. The van der Waals surface area contributed by atoms with Gasteiger partial charge in [-0.1, -0.05) is 23.2 Å². The molecule has 0 atom stereocenters. The maximum atomic E-state index is 10.7. The van der Waals surface area contributed by atoms with Crippen LogP contribution >= 0.6 is 39.1 Å². The summed E-state index contributed by atoms with van der Waals surface area (Å²) >= 11 is 15.0. The number of fused-ring (bicyclic) bond motifs is 1. The average molecular weight is 322 g/mol. The fraction of sp³-hybridized carbons (Fsp3) is 0. The zero-order valence-corrected chi connectivity index (χ0v) is 10.7. The number of aromatic nitrogens is 1. The molecule has 2 aromatic rings. The molecule has 1 aromatic carbocycles. The number of nitro groups is 1. The Labute approximate surface area is 108 Å². The first-order valence-corrected chi connectivity index (χ1v) is 5.63. The van der Waals surface area contributed by atoms with Crippen molar-refractivity contribution >= 4 is 55.7 Å². The highest BCUT2D eigenvalue weighted by Crippen LogP contribution is 2.35. The first-order chi connectivity index (χ1) is 7.50. The predicted octanol–water partition coefficient (Wildman–Crippen LogP) is 4.21. The maximum Gasteiger partial charge on any atom is 0.306 e. The van der Waals surface area contributed by atoms with Crippen LogP contribution in [0, 0.1) is 10.1 Å². The molecule has 0 saturated carbocycles. The molecule has 0 aliphatic rings. The Morgan fingerprint density at radius 2 is 2.06 bits per heavy atom. The molecule has 16 heavy (non-hydrogen) atoms. The summed E-state index contributed by atoms with van der Waals surface area (Å²) in [5, 5.41) is 11.6. The number of halogens is 3. The van der Waals surface area contributed by atoms with E-state index in [1.807, 2.05) is 0 Å². The Hall–Kier alpha value is -0.910. The summed E-state index contributed by atoms with van der Waals surface area (Å²) in [5.74, 6) is 0. The highest BCUT2D eigenvalue weighted by Gasteiger charge is 2.17. The van der Waals surface area contributed by atoms with Crippen molar-refractivity contribution < 1.29 is 4.92 Å². The lowest BCUT2D eigenvalue weighted by Gasteiger charge is -2.03. The van der Waals surface area contributed by atoms with Gasteiger partial charge in [-0.25, -0.2) is 4.98 Å². The van der Waals surface area contributed by atoms with Gasteiger partial charge in [-0.15, -0.1) is 0 Å². The van der Waals surface area contributed by atoms with Crippen LogP contribution in [0.1, 0.15) is 0 Å². The van der Waals surface area contributed by atoms with Crippen molar-refractivity contribution in [1.29, 1.82) is 0 Å². The monoisotopic (exact) mass is 320 g/mol. The molecule has 7 heteroatoms. The SMILES string of the molecule is O=[N+]([O-])c1cnc2cc(Br)c(Cl)cc2c1Cl. The van der Waals surface area contributed by atoms with Crippen molar-refractivity contribution in [3.8, 4) is 0 Å². The summed E-state index contributed by atoms with van der Waals surface area (Å²) in [7, 11) is 0. The van der Waals surface area contributed by atoms with Crippen molar-refractivity contribution in [3.05, 3.63) is 43.0 Å². The van der Waals surface area contributed by atoms with E-state index in [2.05, 4.69) is 20.9 Å². The molecule has 82 valence electrons. The van der Waals surface area contributed by atoms with Gasteiger partial charge in [0, 0.05) is 9.86 Å². The summed E-state index contributed by atoms with van der Waals surface area (Å²) in [4.78, 5) is 14.0. The minimum absolute atomic E-state index is 0.0457. The number of nitrogens with zero attached hydrogens (tertiary/aromatic N) is 2. The van der Waals surface area contributed by atoms with E-state index in [1.165, 1.54) is 0 Å². The molecule has 0 spiro atoms. The van der Waals surface area contributed by atoms with Crippen LogP contribution in [-0.4, -0.2) is 9.91 Å². The third-order valence-electron chi connectivity index (χ3n) is 2.02. The van der Waals surface area contributed by atoms with Crippen LogP contribution < -0.4 is 0 Å². The normalized spacial score (nSPS) is 10.7. The Morgan fingerprint density at radius 1 is 1.38 bits per heavy atom. The van der Waals surface area contributed by atoms with Gasteiger partial charge in [0.05, 0.1) is 15.5 Å². The number of rotatable bonds is 1. The molecule has 4 nitrogen and oxygen atoms in total. The van der Waals surface area contributed by atoms with Gasteiger partial charge in [0.25, 0.3) is 0 Å². The summed E-state index contributed by atoms with van der Waals surface area (Å²) in [6.07, 6.45) is 1.13. The van der Waals surface area contributed by atoms with Gasteiger partial charge in [0.1, 0.15) is 11.2 Å². The first-order valence-electron chi connectivity index (χ1n) is 4.08. The predicted molar refractivity (Wildman–Crippen MR) is 66.1 cm³/mol. The standard InChI is InChI=1S/C9H3BrCl2N2O2/c10-5-2-7-4(1-6(5)11)9(12)8(3-13-7)14(15)16/h1-3H. The second-order valence-corrected chi connectivity index (χ2v) is 4.64. The molecule has 1 aromatic heterocycles. The topological polar surface area (TPSA) is 56.0 Å². The van der Waals surface area contributed by atoms with Gasteiger partial charge in [0.2, 0.25) is 0 Å². The maximum absolute atomic E-state index is 10.7. The highest BCUT2D eigenvalue weighted by atomic mass is 79.9. The van der Waals surface area contributed by atoms with Crippen LogP contribution in [-0.2, 0) is 0 Å². The van der Waals surface area contributed by atoms with Crippen molar-refractivity contribution in [2.45, 2.75) is 0 Å². The number of benzene rings is 1. The average Bonchev–Trinajstić information content (AvgIpc) is 2.21. The number of hydrogen-bond acceptors (Lipinski definition) is 3. The van der Waals surface area contributed by atoms with Crippen LogP contribution in [0.4, 0.5) is 5.69 Å². The van der Waals surface area contributed by atoms with Gasteiger partial charge in [-0.3, -0.25) is 10.1 Å². The van der Waals surface area contributed by atoms with E-state index in [9.17, 15) is 10.1 Å². The second kappa shape index (κ2) is 4.16. The van der Waals surface area contributed by atoms with E-state index in [0.717, 1.165) is 6.20 Å². The van der Waals surface area contributed by atoms with Crippen LogP contribution in [0.5, 0.6) is 0 Å². The van der Waals surface area contributed by atoms with Gasteiger partial charge in [0.15, 0.2) is 0 Å². The summed E-state index contributed by atoms with van der Waals surface area (Å²) in [6.45, 7) is 0. The molecule has 0 aliphatic carbocycles. The van der Waals surface area contributed by atoms with Crippen molar-refractivity contribution in [2.75, 3.05) is 0 Å². The summed E-state index contributed by atoms with van der Waals surface area (Å²) < 4.78 is 0.666. The zero-order chi connectivity index (χ0) is 11.9. The fourth-order valence-electron chi connectivity index (χ4n) is 1.27. The molecular weight excluding hydrogens is 319 g/mol. The first kappa shape index (κ1) is 11.6. The van der Waals surface area contributed by atoms with Crippen LogP contribution in [0.15, 0.2) is 22.8 Å². The molecule has 0 saturated heterocycles. The minimum Gasteiger partial charge on any atom is -0.258 e. The Bertz CT molecular complexity index is 604. The lowest BCUT2D eigenvalue weighted by atomic mass is 10.2. The third kappa shape index (κ3) is 1.86. The minimum atomic E-state index is -0.579. The summed E-state index contributed by atoms with van der Waals surface area (Å²) in [5.41, 5.74) is 0.319. The van der Waals surface area contributed by atoms with Crippen molar-refractivity contribution in [2.24, 2.45) is 0 Å². The Balaban J connectivity index is 2.84. The van der Waals surface area contributed by atoms with E-state index in [1.54, 1.807) is 12.1 Å². The molecule has 0 aliphatic heterocycles. The summed E-state index contributed by atoms with van der Waals surface area (Å²) in [6, 6.07) is 3.20. The smallest absolute Gasteiger partial charge is 0.258 e. The number of hydrogen-bond donors (Lipinski definition) is 0. The van der Waals surface area contributed by atoms with Gasteiger partial charge < -0.3 is 0 Å². The van der Waals surface area contributed by atoms with E-state index in [4.69, 9.17) is 23.2 Å². The molecule has 2 rings (SSSR count). The molecule has 0 bridgehead atoms. The quantitative estimate of drug-likeness (QED) is 0.584. The van der Waals surface area contributed by atoms with Gasteiger partial charge in [-0.05, 0) is 28.1 Å². The van der Waals surface area contributed by atoms with Crippen LogP contribution in [0.2, 0.25) is 10.0 Å². The van der Waals surface area contributed by atoms with Crippen molar-refractivity contribution in [1.82, 2.24) is 4.98 Å². The highest BCUT2D eigenvalue weighted by molar-refractivity contribution is 9.10. The molecule has 0 fully saturated rings. The van der Waals surface area contributed by atoms with Crippen LogP contribution in [0.25, 0.3) is 10.9 Å². The Morgan fingerprint density at radius 3 is 2.69 bits per heavy atom. The molecule has 0 N–H and O–H groups in total. The van der Waals surface area contributed by atoms with Crippen molar-refractivity contribution in [3.63, 3.8) is 0 Å². The number of pyridine rings is 1. The molecule has 0 radical (unpaired) electrons. The zero-order valence-electron chi connectivity index (χ0n) is 7.58. The second-order valence-electron chi connectivity index (χ2n) is 3.00. The molecular formula is C9H3BrCl2N2O2. The third-order valence-corrected chi connectivity index (χ3v) is 3.62.